The summed E-state index contributed by atoms with van der Waals surface area (Å²) in [5, 5.41) is 25.3. The number of ether oxygens (including phenoxy) is 1. The van der Waals surface area contributed by atoms with Gasteiger partial charge < -0.3 is 20.5 Å². The Kier molecular flexibility index (Phi) is 11.7. The zero-order chi connectivity index (χ0) is 29.9. The van der Waals surface area contributed by atoms with E-state index in [9.17, 15) is 20.0 Å². The van der Waals surface area contributed by atoms with Crippen LogP contribution in [0.2, 0.25) is 0 Å². The fourth-order valence-electron chi connectivity index (χ4n) is 4.57. The summed E-state index contributed by atoms with van der Waals surface area (Å²) in [6.07, 6.45) is 1.06. The number of aliphatic hydroxyl groups is 1. The van der Waals surface area contributed by atoms with E-state index in [0.717, 1.165) is 11.1 Å². The number of likely N-dealkylation sites (tertiary alicyclic amines) is 1. The first kappa shape index (κ1) is 34.7. The largest absolute Gasteiger partial charge is 0.439 e. The predicted octanol–water partition coefficient (Wildman–Crippen LogP) is 6.08. The Balaban J connectivity index is 0.00000264. The lowest BCUT2D eigenvalue weighted by Crippen LogP contribution is -2.40. The number of aromatic nitrogens is 2. The Morgan fingerprint density at radius 3 is 2.57 bits per heavy atom. The molecular weight excluding hydrogens is 623 g/mol. The summed E-state index contributed by atoms with van der Waals surface area (Å²) >= 11 is 1.26. The minimum Gasteiger partial charge on any atom is -0.439 e. The van der Waals surface area contributed by atoms with E-state index >= 15 is 0 Å². The van der Waals surface area contributed by atoms with Crippen LogP contribution in [-0.2, 0) is 10.2 Å². The normalized spacial score (nSPS) is 13.7. The van der Waals surface area contributed by atoms with Crippen LogP contribution >= 0.6 is 36.2 Å². The number of carbonyl (C=O) groups is 2. The lowest BCUT2D eigenvalue weighted by atomic mass is 9.85. The highest BCUT2D eigenvalue weighted by Gasteiger charge is 2.22. The van der Waals surface area contributed by atoms with Crippen molar-refractivity contribution in [3.63, 3.8) is 0 Å². The van der Waals surface area contributed by atoms with Crippen LogP contribution in [0.4, 0.5) is 10.8 Å². The van der Waals surface area contributed by atoms with E-state index in [4.69, 9.17) is 4.74 Å². The quantitative estimate of drug-likeness (QED) is 0.207. The third kappa shape index (κ3) is 8.43. The minimum atomic E-state index is -0.710. The molecule has 3 heterocycles. The lowest BCUT2D eigenvalue weighted by molar-refractivity contribution is -0.117. The molecule has 1 aliphatic heterocycles. The molecule has 2 aromatic carbocycles. The van der Waals surface area contributed by atoms with Crippen molar-refractivity contribution in [3.05, 3.63) is 71.3 Å². The van der Waals surface area contributed by atoms with Gasteiger partial charge in [-0.25, -0.2) is 9.97 Å². The number of hydrogen-bond donors (Lipinski definition) is 3. The number of hydrogen-bond acceptors (Lipinski definition) is 9. The predicted molar refractivity (Wildman–Crippen MR) is 177 cm³/mol. The van der Waals surface area contributed by atoms with Gasteiger partial charge >= 0.3 is 0 Å². The van der Waals surface area contributed by atoms with Crippen molar-refractivity contribution in [2.75, 3.05) is 30.3 Å². The highest BCUT2D eigenvalue weighted by molar-refractivity contribution is 7.21. The van der Waals surface area contributed by atoms with Gasteiger partial charge in [-0.3, -0.25) is 14.5 Å². The highest BCUT2D eigenvalue weighted by Crippen LogP contribution is 2.31. The molecular formula is C31H34Cl2N6O4S. The third-order valence-electron chi connectivity index (χ3n) is 7.19. The molecule has 0 unspecified atom stereocenters. The number of amides is 2. The summed E-state index contributed by atoms with van der Waals surface area (Å²) < 4.78 is 6.09. The number of nitrogens with one attached hydrogen (secondary N) is 2. The number of rotatable bonds is 8. The standard InChI is InChI=1S/C31H32N6O4S.2ClH/c1-19-7-8-22(33-28(40)20-5-4-6-21(15-20)31(2,3)18-32)16-25(19)41-27-10-9-24-29(36-27)42-30(34-24)35-26(39)17-37-13-11-23(38)12-14-37;;/h4-10,15-16,23,38H,11-14,17H2,1-3H3,(H,33,40)(H,34,35,39);2*1H. The van der Waals surface area contributed by atoms with Gasteiger partial charge in [-0.05, 0) is 69.0 Å². The molecule has 1 saturated heterocycles. The monoisotopic (exact) mass is 656 g/mol. The van der Waals surface area contributed by atoms with Crippen molar-refractivity contribution in [3.8, 4) is 17.7 Å². The molecule has 0 bridgehead atoms. The van der Waals surface area contributed by atoms with Gasteiger partial charge in [0.2, 0.25) is 11.8 Å². The first-order valence-electron chi connectivity index (χ1n) is 13.7. The van der Waals surface area contributed by atoms with E-state index in [2.05, 4.69) is 26.7 Å². The molecule has 1 fully saturated rings. The molecule has 4 aromatic rings. The Bertz CT molecular complexity index is 1680. The average molecular weight is 658 g/mol. The number of thiazole rings is 1. The SMILES string of the molecule is Cc1ccc(NC(=O)c2cccc(C(C)(C)C#N)c2)cc1Oc1ccc2nc(NC(=O)CN3CCC(O)CC3)sc2n1.Cl.Cl. The van der Waals surface area contributed by atoms with Gasteiger partial charge in [0.1, 0.15) is 16.1 Å². The van der Waals surface area contributed by atoms with Gasteiger partial charge in [0.05, 0.1) is 24.1 Å². The smallest absolute Gasteiger partial charge is 0.255 e. The van der Waals surface area contributed by atoms with E-state index in [1.54, 1.807) is 42.5 Å². The zero-order valence-electron chi connectivity index (χ0n) is 24.5. The molecule has 13 heteroatoms. The van der Waals surface area contributed by atoms with Gasteiger partial charge in [0.15, 0.2) is 5.13 Å². The molecule has 1 aliphatic rings. The molecule has 2 aromatic heterocycles. The maximum Gasteiger partial charge on any atom is 0.255 e. The molecule has 0 radical (unpaired) electrons. The van der Waals surface area contributed by atoms with Crippen molar-refractivity contribution < 1.29 is 19.4 Å². The summed E-state index contributed by atoms with van der Waals surface area (Å²) in [4.78, 5) is 37.2. The van der Waals surface area contributed by atoms with Gasteiger partial charge in [0, 0.05) is 36.5 Å². The van der Waals surface area contributed by atoms with Gasteiger partial charge in [0.25, 0.3) is 5.91 Å². The first-order chi connectivity index (χ1) is 20.1. The number of pyridine rings is 1. The van der Waals surface area contributed by atoms with Crippen LogP contribution in [0.3, 0.4) is 0 Å². The summed E-state index contributed by atoms with van der Waals surface area (Å²) in [5.74, 6) is 0.437. The van der Waals surface area contributed by atoms with Crippen molar-refractivity contribution in [2.45, 2.75) is 45.1 Å². The number of nitriles is 1. The second-order valence-corrected chi connectivity index (χ2v) is 11.9. The van der Waals surface area contributed by atoms with Crippen LogP contribution in [0.5, 0.6) is 11.6 Å². The molecule has 0 saturated carbocycles. The minimum absolute atomic E-state index is 0. The molecule has 0 aliphatic carbocycles. The topological polar surface area (TPSA) is 140 Å². The molecule has 44 heavy (non-hydrogen) atoms. The summed E-state index contributed by atoms with van der Waals surface area (Å²) in [6, 6.07) is 18.2. The lowest BCUT2D eigenvalue weighted by Gasteiger charge is -2.28. The average Bonchev–Trinajstić information content (AvgIpc) is 3.37. The van der Waals surface area contributed by atoms with E-state index in [1.807, 2.05) is 37.8 Å². The number of anilines is 2. The second-order valence-electron chi connectivity index (χ2n) is 10.9. The first-order valence-corrected chi connectivity index (χ1v) is 14.5. The Labute approximate surface area is 272 Å². The molecule has 0 atom stereocenters. The number of nitrogens with zero attached hydrogens (tertiary/aromatic N) is 4. The number of aryl methyl sites for hydroxylation is 1. The van der Waals surface area contributed by atoms with Crippen LogP contribution in [0.15, 0.2) is 54.6 Å². The number of halogens is 2. The number of fused-ring (bicyclic) bond motifs is 1. The number of piperidine rings is 1. The molecule has 5 rings (SSSR count). The van der Waals surface area contributed by atoms with Crippen molar-refractivity contribution in [2.24, 2.45) is 0 Å². The number of carbonyl (C=O) groups excluding carboxylic acids is 2. The molecule has 3 N–H and O–H groups in total. The molecule has 232 valence electrons. The van der Waals surface area contributed by atoms with Crippen molar-refractivity contribution in [1.29, 1.82) is 5.26 Å². The van der Waals surface area contributed by atoms with Crippen LogP contribution in [-0.4, -0.2) is 57.5 Å². The van der Waals surface area contributed by atoms with Crippen LogP contribution < -0.4 is 15.4 Å². The Morgan fingerprint density at radius 1 is 1.09 bits per heavy atom. The van der Waals surface area contributed by atoms with Crippen LogP contribution in [0.25, 0.3) is 10.3 Å². The number of benzene rings is 2. The fraction of sp³-hybridized carbons (Fsp3) is 0.323. The van der Waals surface area contributed by atoms with Crippen LogP contribution in [0.1, 0.15) is 48.2 Å². The van der Waals surface area contributed by atoms with E-state index in [0.29, 0.717) is 64.3 Å². The Hall–Kier alpha value is -3.79. The van der Waals surface area contributed by atoms with E-state index in [-0.39, 0.29) is 49.3 Å². The highest BCUT2D eigenvalue weighted by atomic mass is 35.5. The van der Waals surface area contributed by atoms with Crippen molar-refractivity contribution in [1.82, 2.24) is 14.9 Å². The second kappa shape index (κ2) is 14.8. The zero-order valence-corrected chi connectivity index (χ0v) is 26.9. The summed E-state index contributed by atoms with van der Waals surface area (Å²) in [6.45, 7) is 7.15. The van der Waals surface area contributed by atoms with Gasteiger partial charge in [-0.15, -0.1) is 24.8 Å². The summed E-state index contributed by atoms with van der Waals surface area (Å²) in [5.41, 5.74) is 2.56. The third-order valence-corrected chi connectivity index (χ3v) is 8.07. The maximum atomic E-state index is 13.0. The van der Waals surface area contributed by atoms with Gasteiger partial charge in [-0.1, -0.05) is 29.5 Å². The van der Waals surface area contributed by atoms with E-state index in [1.165, 1.54) is 11.3 Å². The van der Waals surface area contributed by atoms with Crippen LogP contribution in [0, 0.1) is 18.3 Å². The number of aliphatic hydroxyl groups excluding tert-OH is 1. The molecule has 2 amide bonds. The summed E-state index contributed by atoms with van der Waals surface area (Å²) in [7, 11) is 0. The van der Waals surface area contributed by atoms with Crippen molar-refractivity contribution >= 4 is 69.1 Å². The molecule has 10 nitrogen and oxygen atoms in total. The maximum absolute atomic E-state index is 13.0. The molecule has 0 spiro atoms. The van der Waals surface area contributed by atoms with Gasteiger partial charge in [-0.2, -0.15) is 5.26 Å². The Morgan fingerprint density at radius 2 is 1.84 bits per heavy atom. The fourth-order valence-corrected chi connectivity index (χ4v) is 5.41. The van der Waals surface area contributed by atoms with E-state index < -0.39 is 5.41 Å².